The number of hydrogen-bond acceptors (Lipinski definition) is 6. The minimum Gasteiger partial charge on any atom is -0.490 e. The maximum absolute atomic E-state index is 12.5. The summed E-state index contributed by atoms with van der Waals surface area (Å²) in [6.45, 7) is 2.98. The highest BCUT2D eigenvalue weighted by Gasteiger charge is 2.35. The van der Waals surface area contributed by atoms with Crippen LogP contribution >= 0.6 is 11.8 Å². The molecule has 2 aliphatic heterocycles. The van der Waals surface area contributed by atoms with E-state index in [2.05, 4.69) is 17.0 Å². The standard InChI is InChI=1S/C24H24N4O3S/c1-2-3-9-21-27-28-22(25)20(23(29)26-24(28)32-21)16-17-10-12-19(13-11-17)31-15-14-30-18-7-5-4-6-8-18/h4-8,10-13,16,25H,2-3,9,14-15H2,1H3. The number of carbonyl (C=O) groups excluding carboxylic acids is 1. The molecule has 0 saturated carbocycles. The van der Waals surface area contributed by atoms with E-state index in [0.29, 0.717) is 24.1 Å². The Labute approximate surface area is 191 Å². The number of hydrogen-bond donors (Lipinski definition) is 1. The van der Waals surface area contributed by atoms with Crippen LogP contribution in [0.5, 0.6) is 11.5 Å². The number of unbranched alkanes of at least 4 members (excludes halogenated alkanes) is 1. The van der Waals surface area contributed by atoms with E-state index in [9.17, 15) is 4.79 Å². The third-order valence-electron chi connectivity index (χ3n) is 4.80. The number of benzene rings is 2. The molecule has 2 heterocycles. The topological polar surface area (TPSA) is 87.3 Å². The Balaban J connectivity index is 1.36. The summed E-state index contributed by atoms with van der Waals surface area (Å²) in [5.74, 6) is 1.15. The van der Waals surface area contributed by atoms with Gasteiger partial charge in [0.25, 0.3) is 5.91 Å². The van der Waals surface area contributed by atoms with E-state index >= 15 is 0 Å². The van der Waals surface area contributed by atoms with Gasteiger partial charge < -0.3 is 9.47 Å². The second-order valence-corrected chi connectivity index (χ2v) is 8.24. The number of ether oxygens (including phenoxy) is 2. The van der Waals surface area contributed by atoms with Gasteiger partial charge in [-0.05, 0) is 60.5 Å². The lowest BCUT2D eigenvalue weighted by atomic mass is 10.1. The molecule has 0 radical (unpaired) electrons. The number of amides is 1. The number of nitrogens with one attached hydrogen (secondary N) is 1. The lowest BCUT2D eigenvalue weighted by Gasteiger charge is -2.20. The first-order valence-electron chi connectivity index (χ1n) is 10.5. The Morgan fingerprint density at radius 3 is 2.41 bits per heavy atom. The van der Waals surface area contributed by atoms with E-state index in [0.717, 1.165) is 35.6 Å². The molecule has 4 rings (SSSR count). The summed E-state index contributed by atoms with van der Waals surface area (Å²) in [7, 11) is 0. The summed E-state index contributed by atoms with van der Waals surface area (Å²) in [6, 6.07) is 16.9. The fourth-order valence-corrected chi connectivity index (χ4v) is 4.05. The van der Waals surface area contributed by atoms with Crippen LogP contribution in [0.3, 0.4) is 0 Å². The first kappa shape index (κ1) is 21.8. The molecule has 2 aromatic carbocycles. The van der Waals surface area contributed by atoms with Crippen molar-refractivity contribution in [2.45, 2.75) is 26.2 Å². The average Bonchev–Trinajstić information content (AvgIpc) is 3.22. The summed E-state index contributed by atoms with van der Waals surface area (Å²) in [5, 5.41) is 15.7. The number of carbonyl (C=O) groups is 1. The molecule has 0 unspecified atom stereocenters. The second kappa shape index (κ2) is 10.3. The maximum Gasteiger partial charge on any atom is 0.283 e. The van der Waals surface area contributed by atoms with Crippen molar-refractivity contribution in [1.29, 1.82) is 5.41 Å². The Morgan fingerprint density at radius 2 is 1.72 bits per heavy atom. The largest absolute Gasteiger partial charge is 0.490 e. The van der Waals surface area contributed by atoms with E-state index in [4.69, 9.17) is 14.9 Å². The molecule has 1 N–H and O–H groups in total. The molecule has 1 amide bonds. The molecule has 0 aromatic heterocycles. The molecule has 2 aliphatic rings. The second-order valence-electron chi connectivity index (χ2n) is 7.20. The number of amidine groups is 2. The zero-order chi connectivity index (χ0) is 22.3. The smallest absolute Gasteiger partial charge is 0.283 e. The maximum atomic E-state index is 12.5. The first-order valence-corrected chi connectivity index (χ1v) is 11.4. The summed E-state index contributed by atoms with van der Waals surface area (Å²) >= 11 is 1.37. The van der Waals surface area contributed by atoms with Crippen LogP contribution in [0.15, 0.2) is 70.3 Å². The molecule has 0 spiro atoms. The molecule has 164 valence electrons. The van der Waals surface area contributed by atoms with Gasteiger partial charge in [0.1, 0.15) is 29.8 Å². The van der Waals surface area contributed by atoms with Crippen molar-refractivity contribution < 1.29 is 14.3 Å². The van der Waals surface area contributed by atoms with E-state index in [1.54, 1.807) is 6.08 Å². The van der Waals surface area contributed by atoms with Crippen molar-refractivity contribution >= 4 is 39.8 Å². The molecule has 0 saturated heterocycles. The van der Waals surface area contributed by atoms with Crippen molar-refractivity contribution in [3.05, 3.63) is 65.7 Å². The molecule has 0 aliphatic carbocycles. The van der Waals surface area contributed by atoms with Crippen LogP contribution in [0.4, 0.5) is 0 Å². The van der Waals surface area contributed by atoms with E-state index in [-0.39, 0.29) is 11.4 Å². The van der Waals surface area contributed by atoms with Gasteiger partial charge >= 0.3 is 0 Å². The summed E-state index contributed by atoms with van der Waals surface area (Å²) in [4.78, 5) is 16.6. The Morgan fingerprint density at radius 1 is 1.03 bits per heavy atom. The average molecular weight is 449 g/mol. The highest BCUT2D eigenvalue weighted by Crippen LogP contribution is 2.30. The minimum absolute atomic E-state index is 0.0531. The fraction of sp³-hybridized carbons (Fsp3) is 0.250. The molecule has 0 fully saturated rings. The Kier molecular flexibility index (Phi) is 7.01. The quantitative estimate of drug-likeness (QED) is 0.433. The van der Waals surface area contributed by atoms with Crippen LogP contribution < -0.4 is 9.47 Å². The number of aliphatic imine (C=N–C) groups is 1. The predicted octanol–water partition coefficient (Wildman–Crippen LogP) is 4.95. The molecule has 0 atom stereocenters. The number of thioether (sulfide) groups is 1. The van der Waals surface area contributed by atoms with Gasteiger partial charge in [-0.25, -0.2) is 0 Å². The van der Waals surface area contributed by atoms with Crippen LogP contribution in [-0.4, -0.2) is 40.2 Å². The molecule has 7 nitrogen and oxygen atoms in total. The molecule has 2 aromatic rings. The monoisotopic (exact) mass is 448 g/mol. The summed E-state index contributed by atoms with van der Waals surface area (Å²) in [5.41, 5.74) is 1.01. The van der Waals surface area contributed by atoms with Gasteiger partial charge in [0.2, 0.25) is 5.17 Å². The van der Waals surface area contributed by atoms with Crippen LogP contribution in [0.1, 0.15) is 31.7 Å². The predicted molar refractivity (Wildman–Crippen MR) is 128 cm³/mol. The number of rotatable bonds is 9. The zero-order valence-electron chi connectivity index (χ0n) is 17.8. The molecular weight excluding hydrogens is 424 g/mol. The van der Waals surface area contributed by atoms with Gasteiger partial charge in [-0.2, -0.15) is 15.1 Å². The van der Waals surface area contributed by atoms with Gasteiger partial charge in [-0.15, -0.1) is 0 Å². The van der Waals surface area contributed by atoms with Crippen LogP contribution in [0.25, 0.3) is 6.08 Å². The van der Waals surface area contributed by atoms with Crippen LogP contribution in [0.2, 0.25) is 0 Å². The van der Waals surface area contributed by atoms with Crippen molar-refractivity contribution in [1.82, 2.24) is 5.01 Å². The third-order valence-corrected chi connectivity index (χ3v) is 5.76. The molecule has 8 heteroatoms. The highest BCUT2D eigenvalue weighted by atomic mass is 32.2. The van der Waals surface area contributed by atoms with Gasteiger partial charge in [0, 0.05) is 0 Å². The normalized spacial score (nSPS) is 16.7. The molecule has 0 bridgehead atoms. The van der Waals surface area contributed by atoms with Gasteiger partial charge in [0.05, 0.1) is 5.57 Å². The van der Waals surface area contributed by atoms with Gasteiger partial charge in [-0.3, -0.25) is 10.2 Å². The van der Waals surface area contributed by atoms with Crippen molar-refractivity contribution in [2.24, 2.45) is 10.1 Å². The van der Waals surface area contributed by atoms with Crippen LogP contribution in [0, 0.1) is 5.41 Å². The van der Waals surface area contributed by atoms with Gasteiger partial charge in [-0.1, -0.05) is 43.7 Å². The van der Waals surface area contributed by atoms with E-state index in [1.807, 2.05) is 54.6 Å². The molecule has 32 heavy (non-hydrogen) atoms. The third kappa shape index (κ3) is 5.26. The van der Waals surface area contributed by atoms with Crippen LogP contribution in [-0.2, 0) is 4.79 Å². The highest BCUT2D eigenvalue weighted by molar-refractivity contribution is 8.26. The van der Waals surface area contributed by atoms with Crippen molar-refractivity contribution in [2.75, 3.05) is 13.2 Å². The lowest BCUT2D eigenvalue weighted by Crippen LogP contribution is -2.35. The summed E-state index contributed by atoms with van der Waals surface area (Å²) in [6.07, 6.45) is 4.57. The first-order chi connectivity index (χ1) is 15.6. The Bertz CT molecular complexity index is 1080. The Hall–Kier alpha value is -3.39. The number of nitrogens with zero attached hydrogens (tertiary/aromatic N) is 3. The van der Waals surface area contributed by atoms with Crippen molar-refractivity contribution in [3.8, 4) is 11.5 Å². The minimum atomic E-state index is -0.418. The van der Waals surface area contributed by atoms with Crippen molar-refractivity contribution in [3.63, 3.8) is 0 Å². The van der Waals surface area contributed by atoms with Gasteiger partial charge in [0.15, 0.2) is 5.84 Å². The lowest BCUT2D eigenvalue weighted by molar-refractivity contribution is -0.114. The number of hydrazone groups is 1. The zero-order valence-corrected chi connectivity index (χ0v) is 18.6. The SMILES string of the molecule is CCCCC1=NN2C(=N)C(=Cc3ccc(OCCOc4ccccc4)cc3)C(=O)N=C2S1. The summed E-state index contributed by atoms with van der Waals surface area (Å²) < 4.78 is 11.3. The number of fused-ring (bicyclic) bond motifs is 1. The van der Waals surface area contributed by atoms with E-state index < -0.39 is 5.91 Å². The van der Waals surface area contributed by atoms with E-state index in [1.165, 1.54) is 16.8 Å². The fourth-order valence-electron chi connectivity index (χ4n) is 3.12. The molecular formula is C24H24N4O3S. The number of para-hydroxylation sites is 1.